The third-order valence-electron chi connectivity index (χ3n) is 12.0. The second kappa shape index (κ2) is 54.5. The molecule has 0 aromatic carbocycles. The van der Waals surface area contributed by atoms with Gasteiger partial charge in [0.25, 0.3) is 0 Å². The summed E-state index contributed by atoms with van der Waals surface area (Å²) in [6.45, 7) is 6.47. The van der Waals surface area contributed by atoms with Crippen LogP contribution in [0.1, 0.15) is 271 Å². The van der Waals surface area contributed by atoms with Crippen molar-refractivity contribution < 1.29 is 28.6 Å². The fourth-order valence-electron chi connectivity index (χ4n) is 7.80. The molecular formula is C60H104O6. The number of hydrogen-bond donors (Lipinski definition) is 0. The first kappa shape index (κ1) is 62.8. The monoisotopic (exact) mass is 921 g/mol. The van der Waals surface area contributed by atoms with Crippen molar-refractivity contribution >= 4 is 17.9 Å². The van der Waals surface area contributed by atoms with E-state index in [0.717, 1.165) is 83.5 Å². The number of allylic oxidation sites excluding steroid dienone is 12. The summed E-state index contributed by atoms with van der Waals surface area (Å²) in [5, 5.41) is 0. The summed E-state index contributed by atoms with van der Waals surface area (Å²) in [6, 6.07) is 0. The van der Waals surface area contributed by atoms with Crippen LogP contribution in [0.25, 0.3) is 0 Å². The SMILES string of the molecule is CC/C=C/C=C/C=C/C=C/CCCCCC(=O)OCC(COC(=O)CCCCCCCCC/C=C/CCCCCCCCCC)OC(=O)CCCCCCC/C=C/CCCCCCCCC. The Balaban J connectivity index is 4.41. The van der Waals surface area contributed by atoms with Gasteiger partial charge in [-0.2, -0.15) is 0 Å². The fraction of sp³-hybridized carbons (Fsp3) is 0.750. The average molecular weight is 921 g/mol. The third-order valence-corrected chi connectivity index (χ3v) is 12.0. The van der Waals surface area contributed by atoms with Crippen molar-refractivity contribution in [3.05, 3.63) is 72.9 Å². The molecule has 0 N–H and O–H groups in total. The van der Waals surface area contributed by atoms with Crippen LogP contribution in [0, 0.1) is 0 Å². The van der Waals surface area contributed by atoms with Gasteiger partial charge in [0.05, 0.1) is 0 Å². The topological polar surface area (TPSA) is 78.9 Å². The minimum Gasteiger partial charge on any atom is -0.462 e. The predicted molar refractivity (Wildman–Crippen MR) is 284 cm³/mol. The molecule has 380 valence electrons. The fourth-order valence-corrected chi connectivity index (χ4v) is 7.80. The number of hydrogen-bond acceptors (Lipinski definition) is 6. The highest BCUT2D eigenvalue weighted by Crippen LogP contribution is 2.15. The number of ether oxygens (including phenoxy) is 3. The molecule has 1 atom stereocenters. The summed E-state index contributed by atoms with van der Waals surface area (Å²) in [4.78, 5) is 38.1. The smallest absolute Gasteiger partial charge is 0.306 e. The molecule has 0 heterocycles. The van der Waals surface area contributed by atoms with E-state index in [2.05, 4.69) is 63.3 Å². The first-order valence-electron chi connectivity index (χ1n) is 28.0. The number of rotatable bonds is 50. The number of esters is 3. The molecule has 0 aromatic rings. The van der Waals surface area contributed by atoms with Crippen molar-refractivity contribution in [2.45, 2.75) is 277 Å². The van der Waals surface area contributed by atoms with Gasteiger partial charge in [0, 0.05) is 19.3 Å². The van der Waals surface area contributed by atoms with E-state index in [9.17, 15) is 14.4 Å². The Labute approximate surface area is 408 Å². The van der Waals surface area contributed by atoms with Gasteiger partial charge < -0.3 is 14.2 Å². The normalized spacial score (nSPS) is 12.6. The zero-order chi connectivity index (χ0) is 47.9. The molecule has 0 bridgehead atoms. The molecule has 0 amide bonds. The molecule has 6 nitrogen and oxygen atoms in total. The zero-order valence-corrected chi connectivity index (χ0v) is 43.4. The summed E-state index contributed by atoms with van der Waals surface area (Å²) in [7, 11) is 0. The van der Waals surface area contributed by atoms with Crippen LogP contribution in [0.4, 0.5) is 0 Å². The zero-order valence-electron chi connectivity index (χ0n) is 43.4. The van der Waals surface area contributed by atoms with E-state index in [1.807, 2.05) is 30.4 Å². The van der Waals surface area contributed by atoms with Crippen LogP contribution in [0.5, 0.6) is 0 Å². The molecule has 1 unspecified atom stereocenters. The standard InChI is InChI=1S/C60H104O6/c1-4-7-10-13-16-19-22-25-27-29-30-31-33-35-38-41-44-47-50-53-59(62)65-56-57(55-64-58(61)52-49-46-43-40-37-34-24-21-18-15-12-9-6-3)66-60(63)54-51-48-45-42-39-36-32-28-26-23-20-17-14-11-8-5-2/h9,12,15,18,21,24,28-30,32,34,37,57H,4-8,10-11,13-14,16-17,19-20,22-23,25-27,31,33,35-36,38-56H2,1-3H3/b12-9+,18-15+,24-21+,30-29+,32-28+,37-34+. The largest absolute Gasteiger partial charge is 0.462 e. The Morgan fingerprint density at radius 1 is 0.318 bits per heavy atom. The van der Waals surface area contributed by atoms with Gasteiger partial charge in [0.1, 0.15) is 13.2 Å². The summed E-state index contributed by atoms with van der Waals surface area (Å²) in [5.74, 6) is -0.940. The van der Waals surface area contributed by atoms with Crippen LogP contribution in [0.15, 0.2) is 72.9 Å². The lowest BCUT2D eigenvalue weighted by molar-refractivity contribution is -0.167. The molecule has 0 fully saturated rings. The van der Waals surface area contributed by atoms with Gasteiger partial charge in [0.15, 0.2) is 6.10 Å². The molecular weight excluding hydrogens is 817 g/mol. The lowest BCUT2D eigenvalue weighted by Gasteiger charge is -2.18. The van der Waals surface area contributed by atoms with Crippen LogP contribution >= 0.6 is 0 Å². The van der Waals surface area contributed by atoms with Crippen LogP contribution < -0.4 is 0 Å². The van der Waals surface area contributed by atoms with Crippen molar-refractivity contribution in [2.75, 3.05) is 13.2 Å². The second-order valence-corrected chi connectivity index (χ2v) is 18.5. The van der Waals surface area contributed by atoms with Crippen LogP contribution in [0.2, 0.25) is 0 Å². The highest BCUT2D eigenvalue weighted by Gasteiger charge is 2.19. The summed E-state index contributed by atoms with van der Waals surface area (Å²) < 4.78 is 16.8. The van der Waals surface area contributed by atoms with Gasteiger partial charge in [-0.1, -0.05) is 235 Å². The van der Waals surface area contributed by atoms with Gasteiger partial charge >= 0.3 is 17.9 Å². The Kier molecular flexibility index (Phi) is 51.9. The Morgan fingerprint density at radius 2 is 0.606 bits per heavy atom. The van der Waals surface area contributed by atoms with Crippen molar-refractivity contribution in [3.8, 4) is 0 Å². The molecule has 66 heavy (non-hydrogen) atoms. The Bertz CT molecular complexity index is 1240. The highest BCUT2D eigenvalue weighted by molar-refractivity contribution is 5.71. The Hall–Kier alpha value is -3.15. The molecule has 0 rings (SSSR count). The van der Waals surface area contributed by atoms with Crippen molar-refractivity contribution in [3.63, 3.8) is 0 Å². The minimum absolute atomic E-state index is 0.0933. The number of carbonyl (C=O) groups excluding carboxylic acids is 3. The van der Waals surface area contributed by atoms with Crippen LogP contribution in [-0.4, -0.2) is 37.2 Å². The van der Waals surface area contributed by atoms with Gasteiger partial charge in [0.2, 0.25) is 0 Å². The maximum Gasteiger partial charge on any atom is 0.306 e. The van der Waals surface area contributed by atoms with E-state index in [0.29, 0.717) is 19.3 Å². The van der Waals surface area contributed by atoms with Gasteiger partial charge in [-0.25, -0.2) is 0 Å². The van der Waals surface area contributed by atoms with Crippen molar-refractivity contribution in [1.29, 1.82) is 0 Å². The third kappa shape index (κ3) is 51.8. The molecule has 0 radical (unpaired) electrons. The van der Waals surface area contributed by atoms with E-state index < -0.39 is 6.10 Å². The van der Waals surface area contributed by atoms with E-state index >= 15 is 0 Å². The van der Waals surface area contributed by atoms with Gasteiger partial charge in [-0.15, -0.1) is 0 Å². The maximum absolute atomic E-state index is 12.8. The molecule has 0 saturated carbocycles. The molecule has 0 saturated heterocycles. The van der Waals surface area contributed by atoms with E-state index in [-0.39, 0.29) is 31.1 Å². The van der Waals surface area contributed by atoms with Crippen molar-refractivity contribution in [2.24, 2.45) is 0 Å². The summed E-state index contributed by atoms with van der Waals surface area (Å²) in [5.41, 5.74) is 0. The quantitative estimate of drug-likeness (QED) is 0.0199. The number of carbonyl (C=O) groups is 3. The molecule has 6 heteroatoms. The average Bonchev–Trinajstić information content (AvgIpc) is 3.31. The lowest BCUT2D eigenvalue weighted by Crippen LogP contribution is -2.30. The Morgan fingerprint density at radius 3 is 0.985 bits per heavy atom. The van der Waals surface area contributed by atoms with E-state index in [1.54, 1.807) is 0 Å². The second-order valence-electron chi connectivity index (χ2n) is 18.5. The first-order chi connectivity index (χ1) is 32.5. The molecule has 0 aromatic heterocycles. The van der Waals surface area contributed by atoms with Crippen LogP contribution in [0.3, 0.4) is 0 Å². The predicted octanol–water partition coefficient (Wildman–Crippen LogP) is 18.6. The molecule has 0 aliphatic heterocycles. The first-order valence-corrected chi connectivity index (χ1v) is 28.0. The molecule has 0 aliphatic rings. The maximum atomic E-state index is 12.8. The van der Waals surface area contributed by atoms with Crippen molar-refractivity contribution in [1.82, 2.24) is 0 Å². The van der Waals surface area contributed by atoms with E-state index in [1.165, 1.54) is 148 Å². The highest BCUT2D eigenvalue weighted by atomic mass is 16.6. The van der Waals surface area contributed by atoms with Gasteiger partial charge in [-0.05, 0) is 89.9 Å². The molecule has 0 aliphatic carbocycles. The molecule has 0 spiro atoms. The van der Waals surface area contributed by atoms with Gasteiger partial charge in [-0.3, -0.25) is 14.4 Å². The van der Waals surface area contributed by atoms with E-state index in [4.69, 9.17) is 14.2 Å². The van der Waals surface area contributed by atoms with Crippen LogP contribution in [-0.2, 0) is 28.6 Å². The summed E-state index contributed by atoms with van der Waals surface area (Å²) >= 11 is 0. The summed E-state index contributed by atoms with van der Waals surface area (Å²) in [6.07, 6.45) is 68.9. The minimum atomic E-state index is -0.797. The number of unbranched alkanes of at least 4 members (excludes halogenated alkanes) is 30. The lowest BCUT2D eigenvalue weighted by atomic mass is 10.1.